The Labute approximate surface area is 189 Å². The third kappa shape index (κ3) is 3.79. The molecule has 0 saturated heterocycles. The molecule has 0 radical (unpaired) electrons. The SMILES string of the molecule is O=S(=O)(c1ccccc1)c1nc(-c2ccccc2Cl)oc1Nc1ccc2c(c1)OCCO2. The fraction of sp³-hybridized carbons (Fsp3) is 0.0870. The molecule has 0 atom stereocenters. The van der Waals surface area contributed by atoms with Crippen molar-refractivity contribution in [3.63, 3.8) is 0 Å². The molecule has 0 bridgehead atoms. The van der Waals surface area contributed by atoms with Gasteiger partial charge in [0.15, 0.2) is 11.5 Å². The highest BCUT2D eigenvalue weighted by Gasteiger charge is 2.29. The standard InChI is InChI=1S/C23H17ClN2O5S/c24-18-9-5-4-8-17(18)21-26-23(32(27,28)16-6-2-1-3-7-16)22(31-21)25-15-10-11-19-20(14-15)30-13-12-29-19/h1-11,14,25H,12-13H2. The Morgan fingerprint density at radius 1 is 0.875 bits per heavy atom. The quantitative estimate of drug-likeness (QED) is 0.422. The van der Waals surface area contributed by atoms with E-state index in [0.29, 0.717) is 41.0 Å². The van der Waals surface area contributed by atoms with Gasteiger partial charge in [-0.05, 0) is 36.4 Å². The van der Waals surface area contributed by atoms with Crippen molar-refractivity contribution < 1.29 is 22.3 Å². The second-order valence-electron chi connectivity index (χ2n) is 6.93. The minimum absolute atomic E-state index is 0.0274. The highest BCUT2D eigenvalue weighted by Crippen LogP contribution is 2.38. The van der Waals surface area contributed by atoms with E-state index < -0.39 is 9.84 Å². The predicted molar refractivity (Wildman–Crippen MR) is 120 cm³/mol. The van der Waals surface area contributed by atoms with Gasteiger partial charge in [0.25, 0.3) is 0 Å². The molecule has 1 aliphatic rings. The van der Waals surface area contributed by atoms with Crippen LogP contribution in [0.4, 0.5) is 11.6 Å². The Morgan fingerprint density at radius 3 is 2.38 bits per heavy atom. The molecule has 4 aromatic rings. The molecule has 7 nitrogen and oxygen atoms in total. The summed E-state index contributed by atoms with van der Waals surface area (Å²) in [7, 11) is -3.97. The summed E-state index contributed by atoms with van der Waals surface area (Å²) >= 11 is 6.29. The minimum atomic E-state index is -3.97. The molecule has 0 saturated carbocycles. The number of nitrogens with one attached hydrogen (secondary N) is 1. The van der Waals surface area contributed by atoms with Crippen LogP contribution in [0.1, 0.15) is 0 Å². The molecule has 1 N–H and O–H groups in total. The highest BCUT2D eigenvalue weighted by atomic mass is 35.5. The summed E-state index contributed by atoms with van der Waals surface area (Å²) in [6.07, 6.45) is 0. The van der Waals surface area contributed by atoms with Crippen molar-refractivity contribution in [2.75, 3.05) is 18.5 Å². The zero-order valence-electron chi connectivity index (χ0n) is 16.6. The Kier molecular flexibility index (Phi) is 5.24. The fourth-order valence-electron chi connectivity index (χ4n) is 3.28. The highest BCUT2D eigenvalue weighted by molar-refractivity contribution is 7.91. The monoisotopic (exact) mass is 468 g/mol. The lowest BCUT2D eigenvalue weighted by Crippen LogP contribution is -2.15. The van der Waals surface area contributed by atoms with E-state index in [-0.39, 0.29) is 21.7 Å². The number of nitrogens with zero attached hydrogens (tertiary/aromatic N) is 1. The van der Waals surface area contributed by atoms with Gasteiger partial charge in [0.2, 0.25) is 26.6 Å². The van der Waals surface area contributed by atoms with E-state index in [1.54, 1.807) is 60.7 Å². The van der Waals surface area contributed by atoms with E-state index >= 15 is 0 Å². The van der Waals surface area contributed by atoms with Crippen LogP contribution in [-0.4, -0.2) is 26.6 Å². The average molecular weight is 469 g/mol. The second kappa shape index (κ2) is 8.22. The number of rotatable bonds is 5. The van der Waals surface area contributed by atoms with E-state index in [1.165, 1.54) is 12.1 Å². The van der Waals surface area contributed by atoms with E-state index in [0.717, 1.165) is 0 Å². The predicted octanol–water partition coefficient (Wildman–Crippen LogP) is 5.34. The number of sulfone groups is 1. The van der Waals surface area contributed by atoms with Crippen LogP contribution in [0.5, 0.6) is 11.5 Å². The molecule has 5 rings (SSSR count). The summed E-state index contributed by atoms with van der Waals surface area (Å²) in [5.74, 6) is 1.23. The number of halogens is 1. The largest absolute Gasteiger partial charge is 0.486 e. The summed E-state index contributed by atoms with van der Waals surface area (Å²) in [4.78, 5) is 4.42. The van der Waals surface area contributed by atoms with E-state index in [1.807, 2.05) is 0 Å². The van der Waals surface area contributed by atoms with E-state index in [9.17, 15) is 8.42 Å². The van der Waals surface area contributed by atoms with Gasteiger partial charge in [-0.25, -0.2) is 8.42 Å². The lowest BCUT2D eigenvalue weighted by molar-refractivity contribution is 0.171. The van der Waals surface area contributed by atoms with Crippen molar-refractivity contribution in [3.8, 4) is 23.0 Å². The van der Waals surface area contributed by atoms with Crippen LogP contribution in [-0.2, 0) is 9.84 Å². The first-order chi connectivity index (χ1) is 15.5. The fourth-order valence-corrected chi connectivity index (χ4v) is 4.78. The van der Waals surface area contributed by atoms with Gasteiger partial charge in [-0.1, -0.05) is 41.9 Å². The molecule has 32 heavy (non-hydrogen) atoms. The Balaban J connectivity index is 1.61. The van der Waals surface area contributed by atoms with Gasteiger partial charge in [0.05, 0.1) is 15.5 Å². The lowest BCUT2D eigenvalue weighted by atomic mass is 10.2. The van der Waals surface area contributed by atoms with Gasteiger partial charge < -0.3 is 19.2 Å². The third-order valence-corrected chi connectivity index (χ3v) is 6.82. The first kappa shape index (κ1) is 20.4. The van der Waals surface area contributed by atoms with Crippen molar-refractivity contribution in [1.82, 2.24) is 4.98 Å². The van der Waals surface area contributed by atoms with E-state index in [2.05, 4.69) is 10.3 Å². The number of fused-ring (bicyclic) bond motifs is 1. The molecular formula is C23H17ClN2O5S. The normalized spacial score (nSPS) is 13.0. The van der Waals surface area contributed by atoms with Crippen LogP contribution in [0, 0.1) is 0 Å². The number of benzene rings is 3. The van der Waals surface area contributed by atoms with Crippen LogP contribution in [0.15, 0.2) is 87.1 Å². The summed E-state index contributed by atoms with van der Waals surface area (Å²) in [6, 6.07) is 20.2. The first-order valence-corrected chi connectivity index (χ1v) is 11.6. The second-order valence-corrected chi connectivity index (χ2v) is 9.21. The maximum Gasteiger partial charge on any atom is 0.238 e. The maximum atomic E-state index is 13.4. The Morgan fingerprint density at radius 2 is 1.59 bits per heavy atom. The van der Waals surface area contributed by atoms with Crippen LogP contribution in [0.2, 0.25) is 5.02 Å². The number of aromatic nitrogens is 1. The summed E-state index contributed by atoms with van der Waals surface area (Å²) < 4.78 is 43.8. The third-order valence-electron chi connectivity index (χ3n) is 4.81. The Hall–Kier alpha value is -3.49. The topological polar surface area (TPSA) is 90.7 Å². The molecule has 9 heteroatoms. The lowest BCUT2D eigenvalue weighted by Gasteiger charge is -2.19. The first-order valence-electron chi connectivity index (χ1n) is 9.75. The molecule has 0 aliphatic carbocycles. The molecular weight excluding hydrogens is 452 g/mol. The number of hydrogen-bond donors (Lipinski definition) is 1. The molecule has 3 aromatic carbocycles. The van der Waals surface area contributed by atoms with Crippen LogP contribution < -0.4 is 14.8 Å². The van der Waals surface area contributed by atoms with Crippen molar-refractivity contribution >= 4 is 33.0 Å². The van der Waals surface area contributed by atoms with Crippen molar-refractivity contribution in [1.29, 1.82) is 0 Å². The van der Waals surface area contributed by atoms with Crippen molar-refractivity contribution in [2.24, 2.45) is 0 Å². The molecule has 0 amide bonds. The van der Waals surface area contributed by atoms with Gasteiger partial charge in [0, 0.05) is 11.8 Å². The molecule has 2 heterocycles. The molecule has 162 valence electrons. The van der Waals surface area contributed by atoms with Gasteiger partial charge >= 0.3 is 0 Å². The zero-order chi connectivity index (χ0) is 22.1. The molecule has 0 unspecified atom stereocenters. The summed E-state index contributed by atoms with van der Waals surface area (Å²) in [6.45, 7) is 0.908. The van der Waals surface area contributed by atoms with E-state index in [4.69, 9.17) is 25.5 Å². The van der Waals surface area contributed by atoms with Gasteiger partial charge in [-0.3, -0.25) is 0 Å². The summed E-state index contributed by atoms with van der Waals surface area (Å²) in [5.41, 5.74) is 1.04. The zero-order valence-corrected chi connectivity index (χ0v) is 18.2. The van der Waals surface area contributed by atoms with Crippen LogP contribution >= 0.6 is 11.6 Å². The molecule has 0 spiro atoms. The number of oxazole rings is 1. The van der Waals surface area contributed by atoms with Crippen LogP contribution in [0.25, 0.3) is 11.5 Å². The maximum absolute atomic E-state index is 13.4. The number of ether oxygens (including phenoxy) is 2. The molecule has 1 aliphatic heterocycles. The number of hydrogen-bond acceptors (Lipinski definition) is 7. The summed E-state index contributed by atoms with van der Waals surface area (Å²) in [5, 5.41) is 3.17. The van der Waals surface area contributed by atoms with Gasteiger partial charge in [-0.2, -0.15) is 4.98 Å². The smallest absolute Gasteiger partial charge is 0.238 e. The van der Waals surface area contributed by atoms with Crippen molar-refractivity contribution in [2.45, 2.75) is 9.92 Å². The van der Waals surface area contributed by atoms with Gasteiger partial charge in [0.1, 0.15) is 13.2 Å². The van der Waals surface area contributed by atoms with Gasteiger partial charge in [-0.15, -0.1) is 0 Å². The number of anilines is 2. The molecule has 1 aromatic heterocycles. The Bertz CT molecular complexity index is 1390. The van der Waals surface area contributed by atoms with Crippen LogP contribution in [0.3, 0.4) is 0 Å². The average Bonchev–Trinajstić information content (AvgIpc) is 3.24. The van der Waals surface area contributed by atoms with Crippen molar-refractivity contribution in [3.05, 3.63) is 77.8 Å². The minimum Gasteiger partial charge on any atom is -0.486 e. The molecule has 0 fully saturated rings.